The van der Waals surface area contributed by atoms with Crippen LogP contribution < -0.4 is 0 Å². The molecule has 1 aliphatic heterocycles. The number of aryl methyl sites for hydroxylation is 1. The molecule has 0 bridgehead atoms. The molecule has 0 atom stereocenters. The molecular weight excluding hydrogens is 256 g/mol. The van der Waals surface area contributed by atoms with Gasteiger partial charge in [0.15, 0.2) is 0 Å². The monoisotopic (exact) mass is 276 g/mol. The second kappa shape index (κ2) is 6.47. The zero-order chi connectivity index (χ0) is 14.5. The molecule has 0 aliphatic carbocycles. The van der Waals surface area contributed by atoms with Crippen molar-refractivity contribution in [2.24, 2.45) is 5.10 Å². The molecule has 108 valence electrons. The molecule has 6 nitrogen and oxygen atoms in total. The van der Waals surface area contributed by atoms with Crippen LogP contribution >= 0.6 is 0 Å². The summed E-state index contributed by atoms with van der Waals surface area (Å²) in [5.41, 5.74) is 1.70. The largest absolute Gasteiger partial charge is 0.303 e. The van der Waals surface area contributed by atoms with Crippen molar-refractivity contribution < 1.29 is 4.92 Å². The number of nitro benzene ring substituents is 1. The van der Waals surface area contributed by atoms with E-state index in [1.54, 1.807) is 12.3 Å². The number of hydrazone groups is 1. The molecule has 0 aromatic heterocycles. The highest BCUT2D eigenvalue weighted by Gasteiger charge is 2.13. The summed E-state index contributed by atoms with van der Waals surface area (Å²) in [6.07, 6.45) is 2.37. The molecule has 0 spiro atoms. The van der Waals surface area contributed by atoms with E-state index in [4.69, 9.17) is 0 Å². The molecular formula is C14H20N4O2. The summed E-state index contributed by atoms with van der Waals surface area (Å²) in [5.74, 6) is 0. The van der Waals surface area contributed by atoms with Crippen LogP contribution in [0.4, 0.5) is 5.69 Å². The number of rotatable bonds is 4. The topological polar surface area (TPSA) is 62.0 Å². The summed E-state index contributed by atoms with van der Waals surface area (Å²) in [6, 6.07) is 5.28. The molecule has 0 radical (unpaired) electrons. The van der Waals surface area contributed by atoms with E-state index in [-0.39, 0.29) is 10.6 Å². The molecule has 0 amide bonds. The highest BCUT2D eigenvalue weighted by molar-refractivity contribution is 5.80. The Bertz CT molecular complexity index is 508. The molecule has 1 aromatic rings. The molecule has 0 saturated carbocycles. The fraction of sp³-hybridized carbons (Fsp3) is 0.500. The van der Waals surface area contributed by atoms with Crippen LogP contribution in [-0.2, 0) is 6.42 Å². The minimum atomic E-state index is -0.327. The van der Waals surface area contributed by atoms with Gasteiger partial charge in [0.1, 0.15) is 0 Å². The van der Waals surface area contributed by atoms with Gasteiger partial charge in [-0.2, -0.15) is 5.10 Å². The van der Waals surface area contributed by atoms with E-state index in [0.717, 1.165) is 37.3 Å². The van der Waals surface area contributed by atoms with Crippen molar-refractivity contribution in [2.45, 2.75) is 13.3 Å². The van der Waals surface area contributed by atoms with Gasteiger partial charge in [-0.05, 0) is 13.5 Å². The van der Waals surface area contributed by atoms with Crippen LogP contribution in [0.5, 0.6) is 0 Å². The number of nitrogens with zero attached hydrogens (tertiary/aromatic N) is 4. The number of benzene rings is 1. The number of hydrogen-bond donors (Lipinski definition) is 0. The lowest BCUT2D eigenvalue weighted by Crippen LogP contribution is -2.41. The van der Waals surface area contributed by atoms with Crippen molar-refractivity contribution in [1.29, 1.82) is 0 Å². The van der Waals surface area contributed by atoms with Crippen LogP contribution in [0.1, 0.15) is 18.1 Å². The normalized spacial score (nSPS) is 16.8. The van der Waals surface area contributed by atoms with Gasteiger partial charge in [-0.3, -0.25) is 15.1 Å². The van der Waals surface area contributed by atoms with E-state index in [1.807, 2.05) is 24.1 Å². The van der Waals surface area contributed by atoms with Gasteiger partial charge in [0, 0.05) is 43.4 Å². The molecule has 6 heteroatoms. The molecule has 1 fully saturated rings. The molecule has 0 unspecified atom stereocenters. The highest BCUT2D eigenvalue weighted by Crippen LogP contribution is 2.20. The third-order valence-corrected chi connectivity index (χ3v) is 3.54. The van der Waals surface area contributed by atoms with Crippen molar-refractivity contribution in [3.63, 3.8) is 0 Å². The van der Waals surface area contributed by atoms with E-state index >= 15 is 0 Å². The Balaban J connectivity index is 2.09. The van der Waals surface area contributed by atoms with Crippen LogP contribution in [0.2, 0.25) is 0 Å². The van der Waals surface area contributed by atoms with E-state index in [0.29, 0.717) is 6.42 Å². The number of likely N-dealkylation sites (N-methyl/N-ethyl adjacent to an activating group) is 1. The SMILES string of the molecule is CCc1ccc(/C=N\N2CCN(C)CC2)cc1[N+](=O)[O-]. The number of piperazine rings is 1. The summed E-state index contributed by atoms with van der Waals surface area (Å²) >= 11 is 0. The van der Waals surface area contributed by atoms with Gasteiger partial charge in [-0.25, -0.2) is 0 Å². The van der Waals surface area contributed by atoms with Crippen molar-refractivity contribution >= 4 is 11.9 Å². The zero-order valence-corrected chi connectivity index (χ0v) is 12.0. The van der Waals surface area contributed by atoms with Gasteiger partial charge in [0.25, 0.3) is 5.69 Å². The number of nitro groups is 1. The highest BCUT2D eigenvalue weighted by atomic mass is 16.6. The molecule has 1 aliphatic rings. The summed E-state index contributed by atoms with van der Waals surface area (Å²) in [7, 11) is 2.09. The van der Waals surface area contributed by atoms with Crippen molar-refractivity contribution in [3.05, 3.63) is 39.4 Å². The molecule has 20 heavy (non-hydrogen) atoms. The van der Waals surface area contributed by atoms with E-state index in [9.17, 15) is 10.1 Å². The Morgan fingerprint density at radius 3 is 2.65 bits per heavy atom. The summed E-state index contributed by atoms with van der Waals surface area (Å²) in [5, 5.41) is 17.4. The van der Waals surface area contributed by atoms with Crippen LogP contribution in [0.25, 0.3) is 0 Å². The second-order valence-electron chi connectivity index (χ2n) is 5.00. The van der Waals surface area contributed by atoms with Gasteiger partial charge < -0.3 is 4.90 Å². The first kappa shape index (κ1) is 14.5. The third kappa shape index (κ3) is 3.54. The predicted octanol–water partition coefficient (Wildman–Crippen LogP) is 1.74. The molecule has 1 saturated heterocycles. The minimum absolute atomic E-state index is 0.176. The Hall–Kier alpha value is -1.95. The van der Waals surface area contributed by atoms with Crippen LogP contribution in [0.3, 0.4) is 0 Å². The van der Waals surface area contributed by atoms with Gasteiger partial charge in [-0.15, -0.1) is 0 Å². The van der Waals surface area contributed by atoms with Crippen molar-refractivity contribution in [2.75, 3.05) is 33.2 Å². The van der Waals surface area contributed by atoms with Gasteiger partial charge in [0.05, 0.1) is 11.1 Å². The van der Waals surface area contributed by atoms with E-state index in [1.165, 1.54) is 0 Å². The smallest absolute Gasteiger partial charge is 0.273 e. The lowest BCUT2D eigenvalue weighted by atomic mass is 10.1. The predicted molar refractivity (Wildman–Crippen MR) is 79.1 cm³/mol. The Morgan fingerprint density at radius 1 is 1.35 bits per heavy atom. The lowest BCUT2D eigenvalue weighted by Gasteiger charge is -2.30. The van der Waals surface area contributed by atoms with Crippen LogP contribution in [0.15, 0.2) is 23.3 Å². The Labute approximate surface area is 118 Å². The maximum atomic E-state index is 11.0. The minimum Gasteiger partial charge on any atom is -0.303 e. The fourth-order valence-electron chi connectivity index (χ4n) is 2.19. The maximum Gasteiger partial charge on any atom is 0.273 e. The average Bonchev–Trinajstić information content (AvgIpc) is 2.46. The standard InChI is InChI=1S/C14H20N4O2/c1-3-13-5-4-12(10-14(13)18(19)20)11-15-17-8-6-16(2)7-9-17/h4-5,10-11H,3,6-9H2,1-2H3/b15-11-. The van der Waals surface area contributed by atoms with Crippen molar-refractivity contribution in [3.8, 4) is 0 Å². The van der Waals surface area contributed by atoms with Crippen molar-refractivity contribution in [1.82, 2.24) is 9.91 Å². The average molecular weight is 276 g/mol. The first-order valence-electron chi connectivity index (χ1n) is 6.85. The Morgan fingerprint density at radius 2 is 2.05 bits per heavy atom. The molecule has 0 N–H and O–H groups in total. The first-order valence-corrected chi connectivity index (χ1v) is 6.85. The third-order valence-electron chi connectivity index (χ3n) is 3.54. The molecule has 1 aromatic carbocycles. The van der Waals surface area contributed by atoms with Gasteiger partial charge >= 0.3 is 0 Å². The van der Waals surface area contributed by atoms with Gasteiger partial charge in [0.2, 0.25) is 0 Å². The first-order chi connectivity index (χ1) is 9.60. The summed E-state index contributed by atoms with van der Waals surface area (Å²) < 4.78 is 0. The lowest BCUT2D eigenvalue weighted by molar-refractivity contribution is -0.385. The molecule has 1 heterocycles. The summed E-state index contributed by atoms with van der Waals surface area (Å²) in [6.45, 7) is 5.68. The van der Waals surface area contributed by atoms with Crippen LogP contribution in [-0.4, -0.2) is 54.3 Å². The zero-order valence-electron chi connectivity index (χ0n) is 12.0. The summed E-state index contributed by atoms with van der Waals surface area (Å²) in [4.78, 5) is 12.9. The quantitative estimate of drug-likeness (QED) is 0.477. The van der Waals surface area contributed by atoms with Crippen LogP contribution in [0, 0.1) is 10.1 Å². The second-order valence-corrected chi connectivity index (χ2v) is 5.00. The fourth-order valence-corrected chi connectivity index (χ4v) is 2.19. The maximum absolute atomic E-state index is 11.0. The number of hydrogen-bond acceptors (Lipinski definition) is 5. The van der Waals surface area contributed by atoms with E-state index in [2.05, 4.69) is 17.0 Å². The van der Waals surface area contributed by atoms with Gasteiger partial charge in [-0.1, -0.05) is 19.1 Å². The Kier molecular flexibility index (Phi) is 4.68. The van der Waals surface area contributed by atoms with E-state index < -0.39 is 0 Å². The molecule has 2 rings (SSSR count).